The van der Waals surface area contributed by atoms with E-state index in [2.05, 4.69) is 5.32 Å². The minimum Gasteiger partial charge on any atom is -0.504 e. The summed E-state index contributed by atoms with van der Waals surface area (Å²) in [5.41, 5.74) is 6.91. The number of ether oxygens (including phenoxy) is 1. The molecule has 0 radical (unpaired) electrons. The molecule has 8 nitrogen and oxygen atoms in total. The van der Waals surface area contributed by atoms with Crippen LogP contribution in [0.5, 0.6) is 11.5 Å². The molecule has 1 aliphatic carbocycles. The molecule has 2 aliphatic rings. The summed E-state index contributed by atoms with van der Waals surface area (Å²) in [6, 6.07) is 11.2. The van der Waals surface area contributed by atoms with Crippen molar-refractivity contribution >= 4 is 23.3 Å². The minimum absolute atomic E-state index is 0.00274. The first-order valence-electron chi connectivity index (χ1n) is 11.4. The second-order valence-electron chi connectivity index (χ2n) is 8.41. The molecule has 176 valence electrons. The summed E-state index contributed by atoms with van der Waals surface area (Å²) in [5, 5.41) is 19.9. The van der Waals surface area contributed by atoms with Crippen LogP contribution in [0.25, 0.3) is 0 Å². The lowest BCUT2D eigenvalue weighted by Gasteiger charge is -2.21. The fourth-order valence-corrected chi connectivity index (χ4v) is 3.48. The lowest BCUT2D eigenvalue weighted by atomic mass is 10.0. The molecule has 4 rings (SSSR count). The number of amidine groups is 1. The van der Waals surface area contributed by atoms with E-state index in [1.165, 1.54) is 43.9 Å². The average molecular weight is 453 g/mol. The number of likely N-dealkylation sites (tertiary alicyclic amines) is 1. The summed E-state index contributed by atoms with van der Waals surface area (Å²) in [5.74, 6) is -0.686. The van der Waals surface area contributed by atoms with Gasteiger partial charge in [0.25, 0.3) is 11.8 Å². The summed E-state index contributed by atoms with van der Waals surface area (Å²) >= 11 is 0. The fraction of sp³-hybridized carbons (Fsp3) is 0.400. The lowest BCUT2D eigenvalue weighted by molar-refractivity contribution is -0.118. The van der Waals surface area contributed by atoms with E-state index in [0.717, 1.165) is 19.4 Å². The van der Waals surface area contributed by atoms with Gasteiger partial charge in [0, 0.05) is 29.4 Å². The third kappa shape index (κ3) is 6.71. The zero-order valence-electron chi connectivity index (χ0n) is 19.0. The number of anilines is 1. The van der Waals surface area contributed by atoms with Crippen LogP contribution < -0.4 is 15.8 Å². The van der Waals surface area contributed by atoms with E-state index in [0.29, 0.717) is 16.8 Å². The number of benzene rings is 2. The van der Waals surface area contributed by atoms with E-state index in [1.54, 1.807) is 24.3 Å². The quantitative estimate of drug-likeness (QED) is 0.390. The first-order valence-corrected chi connectivity index (χ1v) is 11.4. The van der Waals surface area contributed by atoms with Crippen LogP contribution in [0.15, 0.2) is 42.5 Å². The molecule has 2 amide bonds. The van der Waals surface area contributed by atoms with E-state index in [-0.39, 0.29) is 35.9 Å². The second kappa shape index (κ2) is 11.4. The Labute approximate surface area is 194 Å². The summed E-state index contributed by atoms with van der Waals surface area (Å²) in [4.78, 5) is 26.5. The number of nitrogens with zero attached hydrogens (tertiary/aromatic N) is 1. The Kier molecular flexibility index (Phi) is 8.29. The molecule has 0 bridgehead atoms. The molecule has 33 heavy (non-hydrogen) atoms. The highest BCUT2D eigenvalue weighted by atomic mass is 16.5. The summed E-state index contributed by atoms with van der Waals surface area (Å²) in [7, 11) is 0. The van der Waals surface area contributed by atoms with Gasteiger partial charge in [0.05, 0.1) is 0 Å². The molecule has 0 spiro atoms. The number of hydrogen-bond donors (Lipinski definition) is 4. The van der Waals surface area contributed by atoms with Gasteiger partial charge in [-0.3, -0.25) is 15.0 Å². The van der Waals surface area contributed by atoms with Gasteiger partial charge in [-0.25, -0.2) is 0 Å². The van der Waals surface area contributed by atoms with Gasteiger partial charge in [0.1, 0.15) is 5.84 Å². The number of phenols is 1. The Hall–Kier alpha value is -3.55. The van der Waals surface area contributed by atoms with Gasteiger partial charge < -0.3 is 25.8 Å². The number of aromatic hydroxyl groups is 1. The maximum Gasteiger partial charge on any atom is 0.262 e. The molecular formula is C25H32N4O4. The number of rotatable bonds is 6. The monoisotopic (exact) mass is 452 g/mol. The van der Waals surface area contributed by atoms with Crippen molar-refractivity contribution in [1.82, 2.24) is 4.90 Å². The van der Waals surface area contributed by atoms with Crippen molar-refractivity contribution in [2.24, 2.45) is 5.73 Å². The van der Waals surface area contributed by atoms with Crippen LogP contribution in [-0.2, 0) is 4.79 Å². The normalized spacial score (nSPS) is 16.8. The number of amides is 2. The smallest absolute Gasteiger partial charge is 0.262 e. The maximum atomic E-state index is 12.5. The van der Waals surface area contributed by atoms with Gasteiger partial charge in [-0.15, -0.1) is 0 Å². The molecule has 2 fully saturated rings. The lowest BCUT2D eigenvalue weighted by Crippen LogP contribution is -2.33. The molecule has 1 heterocycles. The third-order valence-corrected chi connectivity index (χ3v) is 5.86. The van der Waals surface area contributed by atoms with Gasteiger partial charge >= 0.3 is 0 Å². The highest BCUT2D eigenvalue weighted by Crippen LogP contribution is 2.27. The predicted octanol–water partition coefficient (Wildman–Crippen LogP) is 3.88. The first kappa shape index (κ1) is 24.1. The molecular weight excluding hydrogens is 420 g/mol. The minimum atomic E-state index is -0.426. The average Bonchev–Trinajstić information content (AvgIpc) is 3.17. The zero-order valence-corrected chi connectivity index (χ0v) is 19.0. The van der Waals surface area contributed by atoms with Crippen molar-refractivity contribution in [1.29, 1.82) is 5.41 Å². The number of carbonyl (C=O) groups excluding carboxylic acids is 2. The number of nitrogens with two attached hydrogens (primary N) is 1. The molecule has 8 heteroatoms. The fourth-order valence-electron chi connectivity index (χ4n) is 3.48. The predicted molar refractivity (Wildman–Crippen MR) is 128 cm³/mol. The molecule has 1 atom stereocenters. The molecule has 2 aromatic rings. The van der Waals surface area contributed by atoms with Crippen LogP contribution in [0.4, 0.5) is 5.69 Å². The van der Waals surface area contributed by atoms with Crippen molar-refractivity contribution in [2.75, 3.05) is 18.5 Å². The first-order chi connectivity index (χ1) is 15.8. The molecule has 5 N–H and O–H groups in total. The number of carbonyl (C=O) groups is 2. The van der Waals surface area contributed by atoms with Gasteiger partial charge in [-0.1, -0.05) is 25.7 Å². The molecule has 1 saturated carbocycles. The van der Waals surface area contributed by atoms with Crippen molar-refractivity contribution in [2.45, 2.75) is 51.5 Å². The zero-order chi connectivity index (χ0) is 23.8. The molecule has 2 aromatic carbocycles. The van der Waals surface area contributed by atoms with Gasteiger partial charge in [0.15, 0.2) is 18.1 Å². The van der Waals surface area contributed by atoms with Gasteiger partial charge in [0.2, 0.25) is 0 Å². The Morgan fingerprint density at radius 3 is 2.27 bits per heavy atom. The van der Waals surface area contributed by atoms with Crippen molar-refractivity contribution in [3.8, 4) is 11.5 Å². The Balaban J connectivity index is 0.000000690. The van der Waals surface area contributed by atoms with Gasteiger partial charge in [-0.05, 0) is 62.2 Å². The maximum absolute atomic E-state index is 12.5. The summed E-state index contributed by atoms with van der Waals surface area (Å²) in [6.45, 7) is 2.48. The second-order valence-corrected chi connectivity index (χ2v) is 8.41. The standard InChI is InChI=1S/C21H24N4O4.C4H8/c1-13-3-2-10-25(13)21(28)14-4-7-16(8-5-14)24-19(27)12-29-18-11-15(20(22)23)6-9-17(18)26;1-2-4-3-1/h4-9,11,13,26H,2-3,10,12H2,1H3,(H3,22,23)(H,24,27);1-4H2. The SMILES string of the molecule is C1CCC1.CC1CCCN1C(=O)c1ccc(NC(=O)COc2cc(C(=N)N)ccc2O)cc1. The van der Waals surface area contributed by atoms with Crippen LogP contribution in [0, 0.1) is 5.41 Å². The Morgan fingerprint density at radius 1 is 1.09 bits per heavy atom. The van der Waals surface area contributed by atoms with Crippen LogP contribution in [0.1, 0.15) is 61.4 Å². The number of hydrogen-bond acceptors (Lipinski definition) is 5. The van der Waals surface area contributed by atoms with E-state index in [4.69, 9.17) is 15.9 Å². The largest absolute Gasteiger partial charge is 0.504 e. The van der Waals surface area contributed by atoms with Crippen molar-refractivity contribution in [3.05, 3.63) is 53.6 Å². The number of nitrogen functional groups attached to an aromatic ring is 1. The van der Waals surface area contributed by atoms with E-state index in [9.17, 15) is 14.7 Å². The third-order valence-electron chi connectivity index (χ3n) is 5.86. The molecule has 1 aliphatic heterocycles. The Morgan fingerprint density at radius 2 is 1.73 bits per heavy atom. The van der Waals surface area contributed by atoms with E-state index in [1.807, 2.05) is 11.8 Å². The molecule has 1 saturated heterocycles. The van der Waals surface area contributed by atoms with Crippen molar-refractivity contribution < 1.29 is 19.4 Å². The van der Waals surface area contributed by atoms with Gasteiger partial charge in [-0.2, -0.15) is 0 Å². The van der Waals surface area contributed by atoms with Crippen LogP contribution in [0.2, 0.25) is 0 Å². The highest BCUT2D eigenvalue weighted by Gasteiger charge is 2.25. The highest BCUT2D eigenvalue weighted by molar-refractivity contribution is 5.97. The Bertz CT molecular complexity index is 982. The van der Waals surface area contributed by atoms with Crippen LogP contribution in [0.3, 0.4) is 0 Å². The van der Waals surface area contributed by atoms with E-state index < -0.39 is 5.91 Å². The van der Waals surface area contributed by atoms with E-state index >= 15 is 0 Å². The summed E-state index contributed by atoms with van der Waals surface area (Å²) in [6.07, 6.45) is 8.04. The molecule has 0 aromatic heterocycles. The molecule has 1 unspecified atom stereocenters. The topological polar surface area (TPSA) is 129 Å². The van der Waals surface area contributed by atoms with Crippen LogP contribution in [-0.4, -0.2) is 46.8 Å². The van der Waals surface area contributed by atoms with Crippen LogP contribution >= 0.6 is 0 Å². The number of phenolic OH excluding ortho intramolecular Hbond substituents is 1. The number of nitrogens with one attached hydrogen (secondary N) is 2. The van der Waals surface area contributed by atoms with Crippen molar-refractivity contribution in [3.63, 3.8) is 0 Å². The summed E-state index contributed by atoms with van der Waals surface area (Å²) < 4.78 is 5.33.